The standard InChI is InChI=1S/C18H16FN3O3S2/c1-12-14(19)3-2-4-15(12)22-8-9-25-17-11-13(5-6-16(17)22)27(23,24)21-18-20-7-10-26-18/h2-7,10-11H,8-9H2,1H3,(H,20,21). The molecule has 0 saturated carbocycles. The van der Waals surface area contributed by atoms with Crippen LogP contribution in [0.4, 0.5) is 20.9 Å². The van der Waals surface area contributed by atoms with Crippen LogP contribution in [0.1, 0.15) is 5.56 Å². The Hall–Kier alpha value is -2.65. The molecule has 0 amide bonds. The summed E-state index contributed by atoms with van der Waals surface area (Å²) in [6.45, 7) is 2.63. The summed E-state index contributed by atoms with van der Waals surface area (Å²) in [7, 11) is -3.77. The van der Waals surface area contributed by atoms with Gasteiger partial charge in [-0.3, -0.25) is 4.72 Å². The van der Waals surface area contributed by atoms with E-state index >= 15 is 0 Å². The van der Waals surface area contributed by atoms with Gasteiger partial charge in [-0.2, -0.15) is 0 Å². The number of hydrogen-bond acceptors (Lipinski definition) is 6. The zero-order chi connectivity index (χ0) is 19.0. The number of nitrogens with one attached hydrogen (secondary N) is 1. The van der Waals surface area contributed by atoms with E-state index < -0.39 is 10.0 Å². The topological polar surface area (TPSA) is 71.5 Å². The highest BCUT2D eigenvalue weighted by Crippen LogP contribution is 2.39. The largest absolute Gasteiger partial charge is 0.489 e. The summed E-state index contributed by atoms with van der Waals surface area (Å²) in [5, 5.41) is 1.98. The average molecular weight is 405 g/mol. The van der Waals surface area contributed by atoms with Crippen LogP contribution in [0.5, 0.6) is 5.75 Å². The number of ether oxygens (including phenoxy) is 1. The first kappa shape index (κ1) is 17.7. The molecule has 0 bridgehead atoms. The van der Waals surface area contributed by atoms with Gasteiger partial charge in [-0.05, 0) is 31.2 Å². The number of nitrogens with zero attached hydrogens (tertiary/aromatic N) is 2. The Bertz CT molecular complexity index is 1090. The van der Waals surface area contributed by atoms with E-state index in [-0.39, 0.29) is 10.7 Å². The SMILES string of the molecule is Cc1c(F)cccc1N1CCOc2cc(S(=O)(=O)Nc3nccs3)ccc21. The fourth-order valence-corrected chi connectivity index (χ4v) is 4.76. The molecule has 3 aromatic rings. The Kier molecular flexibility index (Phi) is 4.48. The maximum absolute atomic E-state index is 14.0. The van der Waals surface area contributed by atoms with Gasteiger partial charge in [0.1, 0.15) is 18.2 Å². The van der Waals surface area contributed by atoms with Gasteiger partial charge in [0.05, 0.1) is 17.1 Å². The van der Waals surface area contributed by atoms with Crippen molar-refractivity contribution in [2.45, 2.75) is 11.8 Å². The third-order valence-electron chi connectivity index (χ3n) is 4.29. The molecule has 2 heterocycles. The monoisotopic (exact) mass is 405 g/mol. The van der Waals surface area contributed by atoms with Crippen LogP contribution in [0, 0.1) is 12.7 Å². The molecule has 0 radical (unpaired) electrons. The number of aromatic nitrogens is 1. The summed E-state index contributed by atoms with van der Waals surface area (Å²) in [6, 6.07) is 9.57. The molecule has 1 aliphatic rings. The molecule has 1 aromatic heterocycles. The Balaban J connectivity index is 1.71. The molecule has 1 N–H and O–H groups in total. The first-order valence-electron chi connectivity index (χ1n) is 8.17. The van der Waals surface area contributed by atoms with Crippen molar-refractivity contribution in [3.8, 4) is 5.75 Å². The maximum Gasteiger partial charge on any atom is 0.263 e. The van der Waals surface area contributed by atoms with Crippen LogP contribution >= 0.6 is 11.3 Å². The number of anilines is 3. The summed E-state index contributed by atoms with van der Waals surface area (Å²) in [4.78, 5) is 5.95. The molecule has 0 unspecified atom stereocenters. The zero-order valence-corrected chi connectivity index (χ0v) is 16.0. The quantitative estimate of drug-likeness (QED) is 0.712. The van der Waals surface area contributed by atoms with Crippen molar-refractivity contribution in [1.29, 1.82) is 0 Å². The molecule has 0 atom stereocenters. The fourth-order valence-electron chi connectivity index (χ4n) is 2.95. The molecule has 1 aliphatic heterocycles. The molecule has 0 aliphatic carbocycles. The minimum atomic E-state index is -3.77. The van der Waals surface area contributed by atoms with E-state index in [1.54, 1.807) is 24.4 Å². The van der Waals surface area contributed by atoms with Crippen LogP contribution < -0.4 is 14.4 Å². The molecule has 0 saturated heterocycles. The highest BCUT2D eigenvalue weighted by molar-refractivity contribution is 7.93. The van der Waals surface area contributed by atoms with Gasteiger partial charge in [-0.15, -0.1) is 11.3 Å². The van der Waals surface area contributed by atoms with Crippen molar-refractivity contribution in [2.24, 2.45) is 0 Å². The molecule has 140 valence electrons. The lowest BCUT2D eigenvalue weighted by Crippen LogP contribution is -2.29. The summed E-state index contributed by atoms with van der Waals surface area (Å²) >= 11 is 1.20. The zero-order valence-electron chi connectivity index (χ0n) is 14.3. The number of sulfonamides is 1. The van der Waals surface area contributed by atoms with E-state index in [2.05, 4.69) is 9.71 Å². The van der Waals surface area contributed by atoms with Crippen LogP contribution in [-0.2, 0) is 10.0 Å². The average Bonchev–Trinajstić information content (AvgIpc) is 3.15. The lowest BCUT2D eigenvalue weighted by molar-refractivity contribution is 0.313. The predicted octanol–water partition coefficient (Wildman–Crippen LogP) is 3.92. The highest BCUT2D eigenvalue weighted by atomic mass is 32.2. The van der Waals surface area contributed by atoms with Crippen LogP contribution in [0.15, 0.2) is 52.9 Å². The van der Waals surface area contributed by atoms with E-state index in [0.717, 1.165) is 5.69 Å². The second kappa shape index (κ2) is 6.82. The summed E-state index contributed by atoms with van der Waals surface area (Å²) in [5.41, 5.74) is 1.96. The van der Waals surface area contributed by atoms with Gasteiger partial charge in [-0.1, -0.05) is 6.07 Å². The number of benzene rings is 2. The van der Waals surface area contributed by atoms with Crippen molar-refractivity contribution in [3.63, 3.8) is 0 Å². The lowest BCUT2D eigenvalue weighted by atomic mass is 10.1. The second-order valence-corrected chi connectivity index (χ2v) is 8.53. The Morgan fingerprint density at radius 3 is 2.89 bits per heavy atom. The van der Waals surface area contributed by atoms with E-state index in [0.29, 0.717) is 35.3 Å². The van der Waals surface area contributed by atoms with Gasteiger partial charge in [0.15, 0.2) is 5.13 Å². The molecule has 9 heteroatoms. The third kappa shape index (κ3) is 3.35. The summed E-state index contributed by atoms with van der Waals surface area (Å²) in [5.74, 6) is 0.152. The van der Waals surface area contributed by atoms with E-state index in [1.165, 1.54) is 35.7 Å². The van der Waals surface area contributed by atoms with Gasteiger partial charge in [-0.25, -0.2) is 17.8 Å². The molecular weight excluding hydrogens is 389 g/mol. The highest BCUT2D eigenvalue weighted by Gasteiger charge is 2.25. The first-order chi connectivity index (χ1) is 13.0. The molecule has 27 heavy (non-hydrogen) atoms. The third-order valence-corrected chi connectivity index (χ3v) is 6.44. The molecule has 0 spiro atoms. The normalized spacial score (nSPS) is 13.8. The Morgan fingerprint density at radius 1 is 1.26 bits per heavy atom. The van der Waals surface area contributed by atoms with E-state index in [4.69, 9.17) is 4.74 Å². The minimum absolute atomic E-state index is 0.0780. The van der Waals surface area contributed by atoms with Gasteiger partial charge >= 0.3 is 0 Å². The second-order valence-electron chi connectivity index (χ2n) is 5.96. The minimum Gasteiger partial charge on any atom is -0.489 e. The Labute approximate surface area is 160 Å². The van der Waals surface area contributed by atoms with Crippen LogP contribution in [0.3, 0.4) is 0 Å². The molecular formula is C18H16FN3O3S2. The number of halogens is 1. The van der Waals surface area contributed by atoms with Crippen molar-refractivity contribution in [1.82, 2.24) is 4.98 Å². The number of rotatable bonds is 4. The van der Waals surface area contributed by atoms with Crippen molar-refractivity contribution in [3.05, 3.63) is 59.4 Å². The van der Waals surface area contributed by atoms with Crippen LogP contribution in [0.25, 0.3) is 0 Å². The number of thiazole rings is 1. The molecule has 0 fully saturated rings. The van der Waals surface area contributed by atoms with Crippen LogP contribution in [0.2, 0.25) is 0 Å². The maximum atomic E-state index is 14.0. The molecule has 4 rings (SSSR count). The number of fused-ring (bicyclic) bond motifs is 1. The van der Waals surface area contributed by atoms with Gasteiger partial charge in [0.2, 0.25) is 0 Å². The summed E-state index contributed by atoms with van der Waals surface area (Å²) in [6.07, 6.45) is 1.53. The summed E-state index contributed by atoms with van der Waals surface area (Å²) < 4.78 is 47.2. The van der Waals surface area contributed by atoms with E-state index in [1.807, 2.05) is 11.0 Å². The van der Waals surface area contributed by atoms with Gasteiger partial charge < -0.3 is 9.64 Å². The molecule has 6 nitrogen and oxygen atoms in total. The van der Waals surface area contributed by atoms with Crippen molar-refractivity contribution in [2.75, 3.05) is 22.8 Å². The number of hydrogen-bond donors (Lipinski definition) is 1. The van der Waals surface area contributed by atoms with Crippen molar-refractivity contribution < 1.29 is 17.5 Å². The van der Waals surface area contributed by atoms with Crippen LogP contribution in [-0.4, -0.2) is 26.6 Å². The van der Waals surface area contributed by atoms with Gasteiger partial charge in [0.25, 0.3) is 10.0 Å². The predicted molar refractivity (Wildman–Crippen MR) is 103 cm³/mol. The fraction of sp³-hybridized carbons (Fsp3) is 0.167. The van der Waals surface area contributed by atoms with Crippen molar-refractivity contribution >= 4 is 37.9 Å². The smallest absolute Gasteiger partial charge is 0.263 e. The first-order valence-corrected chi connectivity index (χ1v) is 10.5. The van der Waals surface area contributed by atoms with Gasteiger partial charge in [0, 0.05) is 28.9 Å². The Morgan fingerprint density at radius 2 is 2.11 bits per heavy atom. The molecule has 2 aromatic carbocycles. The van der Waals surface area contributed by atoms with E-state index in [9.17, 15) is 12.8 Å². The lowest BCUT2D eigenvalue weighted by Gasteiger charge is -2.32.